The second-order valence-electron chi connectivity index (χ2n) is 7.70. The second-order valence-corrected chi connectivity index (χ2v) is 10.5. The fraction of sp³-hybridized carbons (Fsp3) is 0.318. The van der Waals surface area contributed by atoms with Crippen LogP contribution in [0.5, 0.6) is 5.75 Å². The van der Waals surface area contributed by atoms with Gasteiger partial charge in [0.15, 0.2) is 0 Å². The van der Waals surface area contributed by atoms with Crippen LogP contribution in [-0.2, 0) is 10.0 Å². The molecule has 0 radical (unpaired) electrons. The van der Waals surface area contributed by atoms with E-state index in [0.717, 1.165) is 12.1 Å². The van der Waals surface area contributed by atoms with E-state index in [1.165, 1.54) is 16.6 Å². The smallest absolute Gasteiger partial charge is 0.211 e. The molecule has 0 unspecified atom stereocenters. The number of hydrogen-bond acceptors (Lipinski definition) is 5. The van der Waals surface area contributed by atoms with Crippen LogP contribution in [0.1, 0.15) is 21.5 Å². The average molecular weight is 527 g/mol. The number of nitrogens with zero attached hydrogens (tertiary/aromatic N) is 2. The van der Waals surface area contributed by atoms with Crippen molar-refractivity contribution in [3.8, 4) is 5.75 Å². The van der Waals surface area contributed by atoms with Gasteiger partial charge in [-0.3, -0.25) is 9.69 Å². The van der Waals surface area contributed by atoms with Crippen molar-refractivity contribution in [1.82, 2.24) is 9.21 Å². The average Bonchev–Trinajstić information content (AvgIpc) is 2.98. The topological polar surface area (TPSA) is 66.9 Å². The number of rotatable bonds is 6. The molecule has 1 aliphatic heterocycles. The van der Waals surface area contributed by atoms with E-state index in [4.69, 9.17) is 4.74 Å². The van der Waals surface area contributed by atoms with Crippen molar-refractivity contribution in [2.75, 3.05) is 45.6 Å². The molecule has 1 fully saturated rings. The fourth-order valence-electron chi connectivity index (χ4n) is 3.90. The molecule has 1 aliphatic carbocycles. The van der Waals surface area contributed by atoms with Crippen LogP contribution in [0.4, 0.5) is 8.78 Å². The van der Waals surface area contributed by atoms with E-state index in [0.29, 0.717) is 61.8 Å². The largest absolute Gasteiger partial charge is 0.492 e. The van der Waals surface area contributed by atoms with E-state index in [-0.39, 0.29) is 15.8 Å². The third kappa shape index (κ3) is 4.63. The molecule has 0 spiro atoms. The maximum Gasteiger partial charge on any atom is 0.211 e. The van der Waals surface area contributed by atoms with Crippen molar-refractivity contribution in [3.63, 3.8) is 0 Å². The molecule has 10 heteroatoms. The summed E-state index contributed by atoms with van der Waals surface area (Å²) in [6, 6.07) is 8.28. The normalized spacial score (nSPS) is 17.7. The van der Waals surface area contributed by atoms with Gasteiger partial charge in [-0.15, -0.1) is 0 Å². The summed E-state index contributed by atoms with van der Waals surface area (Å²) in [6.07, 6.45) is 1.21. The maximum atomic E-state index is 14.3. The number of Topliss-reactive ketones (excluding diaryl/α,β-unsaturated/α-hetero) is 1. The molecule has 0 amide bonds. The second kappa shape index (κ2) is 9.01. The Labute approximate surface area is 193 Å². The lowest BCUT2D eigenvalue weighted by molar-refractivity contribution is 0.104. The molecular formula is C22H21BrF2N2O4S. The third-order valence-corrected chi connectivity index (χ3v) is 7.66. The van der Waals surface area contributed by atoms with Crippen LogP contribution in [0, 0.1) is 11.6 Å². The van der Waals surface area contributed by atoms with Crippen molar-refractivity contribution >= 4 is 37.3 Å². The van der Waals surface area contributed by atoms with Crippen molar-refractivity contribution in [3.05, 3.63) is 69.2 Å². The van der Waals surface area contributed by atoms with Gasteiger partial charge in [0.2, 0.25) is 15.8 Å². The van der Waals surface area contributed by atoms with Crippen LogP contribution in [0.2, 0.25) is 0 Å². The maximum absolute atomic E-state index is 14.3. The first-order valence-corrected chi connectivity index (χ1v) is 12.6. The van der Waals surface area contributed by atoms with Crippen LogP contribution >= 0.6 is 15.9 Å². The molecule has 0 aromatic heterocycles. The lowest BCUT2D eigenvalue weighted by Crippen LogP contribution is -2.49. The Morgan fingerprint density at radius 2 is 1.69 bits per heavy atom. The summed E-state index contributed by atoms with van der Waals surface area (Å²) in [5.41, 5.74) is 1.47. The molecule has 2 aromatic carbocycles. The predicted octanol–water partition coefficient (Wildman–Crippen LogP) is 3.27. The van der Waals surface area contributed by atoms with Gasteiger partial charge in [0.25, 0.3) is 0 Å². The Balaban J connectivity index is 1.42. The van der Waals surface area contributed by atoms with Crippen LogP contribution < -0.4 is 4.74 Å². The van der Waals surface area contributed by atoms with E-state index >= 15 is 0 Å². The van der Waals surface area contributed by atoms with Crippen molar-refractivity contribution in [2.45, 2.75) is 0 Å². The standard InChI is InChI=1S/C22H21BrF2N2O4S/c1-32(29,30)27-8-6-26(7-9-27)10-11-31-15-3-5-16-18(13-15)22(28)21(23)20(16)17-4-2-14(24)12-19(17)25/h2-5,12-13H,6-11H2,1H3. The quantitative estimate of drug-likeness (QED) is 0.577. The number of carbonyl (C=O) groups is 1. The Morgan fingerprint density at radius 3 is 2.34 bits per heavy atom. The Morgan fingerprint density at radius 1 is 1.00 bits per heavy atom. The van der Waals surface area contributed by atoms with Gasteiger partial charge in [-0.05, 0) is 51.8 Å². The molecule has 0 bridgehead atoms. The van der Waals surface area contributed by atoms with Gasteiger partial charge in [0.05, 0.1) is 10.7 Å². The lowest BCUT2D eigenvalue weighted by Gasteiger charge is -2.33. The zero-order valence-electron chi connectivity index (χ0n) is 17.3. The number of ether oxygens (including phenoxy) is 1. The highest BCUT2D eigenvalue weighted by Crippen LogP contribution is 2.42. The molecule has 0 N–H and O–H groups in total. The number of ketones is 1. The molecule has 6 nitrogen and oxygen atoms in total. The summed E-state index contributed by atoms with van der Waals surface area (Å²) in [5, 5.41) is 0. The van der Waals surface area contributed by atoms with Crippen LogP contribution in [0.25, 0.3) is 5.57 Å². The number of benzene rings is 2. The van der Waals surface area contributed by atoms with Gasteiger partial charge in [-0.2, -0.15) is 4.31 Å². The number of allylic oxidation sites excluding steroid dienone is 1. The first-order chi connectivity index (χ1) is 15.1. The summed E-state index contributed by atoms with van der Waals surface area (Å²) >= 11 is 3.26. The Kier molecular flexibility index (Phi) is 6.49. The zero-order chi connectivity index (χ0) is 23.0. The molecule has 0 atom stereocenters. The molecular weight excluding hydrogens is 506 g/mol. The van der Waals surface area contributed by atoms with E-state index in [2.05, 4.69) is 20.8 Å². The monoisotopic (exact) mass is 526 g/mol. The number of fused-ring (bicyclic) bond motifs is 1. The molecule has 1 heterocycles. The summed E-state index contributed by atoms with van der Waals surface area (Å²) in [4.78, 5) is 14.8. The van der Waals surface area contributed by atoms with Gasteiger partial charge in [-0.25, -0.2) is 17.2 Å². The highest BCUT2D eigenvalue weighted by atomic mass is 79.9. The van der Waals surface area contributed by atoms with Crippen molar-refractivity contribution < 1.29 is 26.7 Å². The Bertz CT molecular complexity index is 1210. The molecule has 170 valence electrons. The van der Waals surface area contributed by atoms with Gasteiger partial charge >= 0.3 is 0 Å². The highest BCUT2D eigenvalue weighted by molar-refractivity contribution is 9.12. The fourth-order valence-corrected chi connectivity index (χ4v) is 5.37. The first-order valence-electron chi connectivity index (χ1n) is 10.00. The molecule has 2 aromatic rings. The highest BCUT2D eigenvalue weighted by Gasteiger charge is 2.31. The lowest BCUT2D eigenvalue weighted by atomic mass is 9.98. The molecule has 32 heavy (non-hydrogen) atoms. The summed E-state index contributed by atoms with van der Waals surface area (Å²) < 4.78 is 58.3. The number of hydrogen-bond donors (Lipinski definition) is 0. The van der Waals surface area contributed by atoms with Gasteiger partial charge in [-0.1, -0.05) is 0 Å². The van der Waals surface area contributed by atoms with Crippen LogP contribution in [0.15, 0.2) is 40.9 Å². The minimum Gasteiger partial charge on any atom is -0.492 e. The molecule has 0 saturated carbocycles. The third-order valence-electron chi connectivity index (χ3n) is 5.60. The van der Waals surface area contributed by atoms with Crippen LogP contribution in [0.3, 0.4) is 0 Å². The summed E-state index contributed by atoms with van der Waals surface area (Å²) in [7, 11) is -3.16. The van der Waals surface area contributed by atoms with Crippen molar-refractivity contribution in [2.24, 2.45) is 0 Å². The van der Waals surface area contributed by atoms with Crippen LogP contribution in [-0.4, -0.2) is 69.0 Å². The molecule has 2 aliphatic rings. The number of sulfonamides is 1. The number of carbonyl (C=O) groups excluding carboxylic acids is 1. The summed E-state index contributed by atoms with van der Waals surface area (Å²) in [6.45, 7) is 3.16. The SMILES string of the molecule is CS(=O)(=O)N1CCN(CCOc2ccc3c(c2)C(=O)C(Br)=C3c2ccc(F)cc2F)CC1. The molecule has 4 rings (SSSR count). The summed E-state index contributed by atoms with van der Waals surface area (Å²) in [5.74, 6) is -1.21. The van der Waals surface area contributed by atoms with E-state index in [9.17, 15) is 22.0 Å². The van der Waals surface area contributed by atoms with Gasteiger partial charge in [0, 0.05) is 55.5 Å². The van der Waals surface area contributed by atoms with Gasteiger partial charge < -0.3 is 4.74 Å². The number of halogens is 3. The predicted molar refractivity (Wildman–Crippen MR) is 120 cm³/mol. The molecule has 1 saturated heterocycles. The van der Waals surface area contributed by atoms with E-state index < -0.39 is 21.7 Å². The zero-order valence-corrected chi connectivity index (χ0v) is 19.7. The van der Waals surface area contributed by atoms with E-state index in [1.807, 2.05) is 0 Å². The van der Waals surface area contributed by atoms with Gasteiger partial charge in [0.1, 0.15) is 24.0 Å². The van der Waals surface area contributed by atoms with Crippen molar-refractivity contribution in [1.29, 1.82) is 0 Å². The number of piperazine rings is 1. The van der Waals surface area contributed by atoms with E-state index in [1.54, 1.807) is 18.2 Å². The minimum absolute atomic E-state index is 0.146. The minimum atomic E-state index is -3.16. The first kappa shape index (κ1) is 23.0. The Hall–Kier alpha value is -2.14.